The Bertz CT molecular complexity index is 1010. The van der Waals surface area contributed by atoms with Crippen LogP contribution < -0.4 is 9.64 Å². The molecule has 2 aromatic carbocycles. The molecule has 0 spiro atoms. The van der Waals surface area contributed by atoms with Gasteiger partial charge in [-0.05, 0) is 24.1 Å². The number of anilines is 1. The second kappa shape index (κ2) is 7.98. The van der Waals surface area contributed by atoms with E-state index >= 15 is 0 Å². The maximum Gasteiger partial charge on any atom is 0.334 e. The van der Waals surface area contributed by atoms with Gasteiger partial charge in [0, 0.05) is 6.54 Å². The summed E-state index contributed by atoms with van der Waals surface area (Å²) in [4.78, 5) is 53.5. The summed E-state index contributed by atoms with van der Waals surface area (Å²) in [5, 5.41) is 0. The summed E-state index contributed by atoms with van der Waals surface area (Å²) in [5.74, 6) is -1.79. The lowest BCUT2D eigenvalue weighted by molar-refractivity contribution is -0.143. The number of imide groups is 2. The summed E-state index contributed by atoms with van der Waals surface area (Å²) in [6.07, 6.45) is 0.527. The molecular weight excluding hydrogens is 386 g/mol. The molecule has 1 atom stereocenters. The van der Waals surface area contributed by atoms with E-state index in [4.69, 9.17) is 4.74 Å². The van der Waals surface area contributed by atoms with Crippen LogP contribution in [-0.4, -0.2) is 53.2 Å². The van der Waals surface area contributed by atoms with E-state index in [0.717, 1.165) is 15.4 Å². The highest BCUT2D eigenvalue weighted by Crippen LogP contribution is 2.39. The Kier molecular flexibility index (Phi) is 5.22. The Labute approximate surface area is 173 Å². The Morgan fingerprint density at radius 1 is 0.967 bits per heavy atom. The monoisotopic (exact) mass is 407 g/mol. The first kappa shape index (κ1) is 19.6. The molecule has 2 aromatic rings. The van der Waals surface area contributed by atoms with Gasteiger partial charge in [0.15, 0.2) is 0 Å². The molecule has 2 aliphatic heterocycles. The Morgan fingerprint density at radius 3 is 2.37 bits per heavy atom. The summed E-state index contributed by atoms with van der Waals surface area (Å²) in [6.45, 7) is 1.66. The van der Waals surface area contributed by atoms with Crippen LogP contribution in [0.1, 0.15) is 24.9 Å². The summed E-state index contributed by atoms with van der Waals surface area (Å²) in [5.41, 5.74) is 1.42. The number of nitrogens with zero attached hydrogens (tertiary/aromatic N) is 3. The molecule has 0 radical (unpaired) electrons. The molecular formula is C22H21N3O5. The van der Waals surface area contributed by atoms with Crippen molar-refractivity contribution in [3.63, 3.8) is 0 Å². The number of benzene rings is 2. The van der Waals surface area contributed by atoms with Crippen LogP contribution in [0.5, 0.6) is 5.75 Å². The molecule has 2 aliphatic rings. The molecule has 0 N–H and O–H groups in total. The first-order chi connectivity index (χ1) is 14.5. The number of fused-ring (bicyclic) bond motifs is 1. The SMILES string of the molecule is CCCN1C(=O)C(=O)N(CC(=O)N2c3ccccc3OC[C@@H]2c2ccccc2)C1=O. The van der Waals surface area contributed by atoms with Crippen LogP contribution in [0.3, 0.4) is 0 Å². The predicted molar refractivity (Wildman–Crippen MR) is 108 cm³/mol. The number of ether oxygens (including phenoxy) is 1. The minimum atomic E-state index is -0.973. The molecule has 0 aliphatic carbocycles. The van der Waals surface area contributed by atoms with Crippen LogP contribution in [0.25, 0.3) is 0 Å². The van der Waals surface area contributed by atoms with Crippen molar-refractivity contribution in [2.75, 3.05) is 24.6 Å². The number of hydrogen-bond donors (Lipinski definition) is 0. The first-order valence-corrected chi connectivity index (χ1v) is 9.79. The molecule has 0 unspecified atom stereocenters. The first-order valence-electron chi connectivity index (χ1n) is 9.79. The Hall–Kier alpha value is -3.68. The maximum absolute atomic E-state index is 13.4. The number of carbonyl (C=O) groups excluding carboxylic acids is 4. The van der Waals surface area contributed by atoms with E-state index in [1.54, 1.807) is 36.1 Å². The van der Waals surface area contributed by atoms with Gasteiger partial charge in [-0.3, -0.25) is 24.2 Å². The fraction of sp³-hybridized carbons (Fsp3) is 0.273. The minimum absolute atomic E-state index is 0.140. The fourth-order valence-corrected chi connectivity index (χ4v) is 3.74. The van der Waals surface area contributed by atoms with E-state index in [1.165, 1.54) is 0 Å². The standard InChI is InChI=1S/C22H21N3O5/c1-2-12-23-20(27)21(28)24(22(23)29)13-19(26)25-16-10-6-7-11-18(16)30-14-17(25)15-8-4-3-5-9-15/h3-11,17H,2,12-14H2,1H3/t17-/m1/s1. The molecule has 8 nitrogen and oxygen atoms in total. The molecule has 0 aromatic heterocycles. The third-order valence-corrected chi connectivity index (χ3v) is 5.16. The van der Waals surface area contributed by atoms with Gasteiger partial charge in [-0.25, -0.2) is 9.69 Å². The third kappa shape index (κ3) is 3.30. The topological polar surface area (TPSA) is 87.2 Å². The van der Waals surface area contributed by atoms with Crippen LogP contribution in [0, 0.1) is 0 Å². The highest BCUT2D eigenvalue weighted by atomic mass is 16.5. The summed E-state index contributed by atoms with van der Waals surface area (Å²) >= 11 is 0. The van der Waals surface area contributed by atoms with Gasteiger partial charge in [0.05, 0.1) is 11.7 Å². The second-order valence-electron chi connectivity index (χ2n) is 7.10. The van der Waals surface area contributed by atoms with Crippen molar-refractivity contribution in [3.05, 3.63) is 60.2 Å². The number of amides is 5. The number of carbonyl (C=O) groups is 4. The Morgan fingerprint density at radius 2 is 1.63 bits per heavy atom. The number of rotatable bonds is 5. The van der Waals surface area contributed by atoms with Crippen LogP contribution in [0.15, 0.2) is 54.6 Å². The van der Waals surface area contributed by atoms with E-state index in [-0.39, 0.29) is 13.2 Å². The second-order valence-corrected chi connectivity index (χ2v) is 7.10. The highest BCUT2D eigenvalue weighted by molar-refractivity contribution is 6.45. The van der Waals surface area contributed by atoms with Gasteiger partial charge >= 0.3 is 17.8 Å². The van der Waals surface area contributed by atoms with Crippen LogP contribution >= 0.6 is 0 Å². The van der Waals surface area contributed by atoms with Gasteiger partial charge in [-0.1, -0.05) is 49.4 Å². The zero-order chi connectivity index (χ0) is 21.3. The predicted octanol–water partition coefficient (Wildman–Crippen LogP) is 2.35. The van der Waals surface area contributed by atoms with E-state index in [9.17, 15) is 19.2 Å². The van der Waals surface area contributed by atoms with Crippen molar-refractivity contribution in [1.29, 1.82) is 0 Å². The smallest absolute Gasteiger partial charge is 0.334 e. The zero-order valence-corrected chi connectivity index (χ0v) is 16.5. The quantitative estimate of drug-likeness (QED) is 0.561. The van der Waals surface area contributed by atoms with Gasteiger partial charge in [0.25, 0.3) is 0 Å². The third-order valence-electron chi connectivity index (χ3n) is 5.16. The van der Waals surface area contributed by atoms with E-state index in [2.05, 4.69) is 0 Å². The van der Waals surface area contributed by atoms with Crippen molar-refractivity contribution in [1.82, 2.24) is 9.80 Å². The highest BCUT2D eigenvalue weighted by Gasteiger charge is 2.46. The molecule has 2 heterocycles. The largest absolute Gasteiger partial charge is 0.489 e. The van der Waals surface area contributed by atoms with Crippen LogP contribution in [0.4, 0.5) is 10.5 Å². The summed E-state index contributed by atoms with van der Waals surface area (Å²) in [7, 11) is 0. The van der Waals surface area contributed by atoms with Gasteiger partial charge in [-0.2, -0.15) is 0 Å². The van der Waals surface area contributed by atoms with Crippen molar-refractivity contribution in [3.8, 4) is 5.75 Å². The zero-order valence-electron chi connectivity index (χ0n) is 16.5. The number of hydrogen-bond acceptors (Lipinski definition) is 5. The summed E-state index contributed by atoms with van der Waals surface area (Å²) < 4.78 is 5.85. The van der Waals surface area contributed by atoms with Crippen LogP contribution in [0.2, 0.25) is 0 Å². The van der Waals surface area contributed by atoms with Gasteiger partial charge < -0.3 is 4.74 Å². The average Bonchev–Trinajstić information content (AvgIpc) is 2.97. The van der Waals surface area contributed by atoms with Gasteiger partial charge in [0.1, 0.15) is 18.9 Å². The maximum atomic E-state index is 13.4. The number of para-hydroxylation sites is 2. The minimum Gasteiger partial charge on any atom is -0.489 e. The van der Waals surface area contributed by atoms with Crippen molar-refractivity contribution < 1.29 is 23.9 Å². The molecule has 0 bridgehead atoms. The molecule has 4 rings (SSSR count). The molecule has 154 valence electrons. The van der Waals surface area contributed by atoms with E-state index in [0.29, 0.717) is 17.9 Å². The van der Waals surface area contributed by atoms with Gasteiger partial charge in [0.2, 0.25) is 5.91 Å². The summed E-state index contributed by atoms with van der Waals surface area (Å²) in [6, 6.07) is 15.3. The fourth-order valence-electron chi connectivity index (χ4n) is 3.74. The molecule has 5 amide bonds. The average molecular weight is 407 g/mol. The molecule has 1 fully saturated rings. The molecule has 0 saturated carbocycles. The van der Waals surface area contributed by atoms with Crippen molar-refractivity contribution in [2.45, 2.75) is 19.4 Å². The molecule has 30 heavy (non-hydrogen) atoms. The lowest BCUT2D eigenvalue weighted by Crippen LogP contribution is -2.47. The van der Waals surface area contributed by atoms with Gasteiger partial charge in [-0.15, -0.1) is 0 Å². The normalized spacial score (nSPS) is 18.5. The van der Waals surface area contributed by atoms with Crippen LogP contribution in [-0.2, 0) is 14.4 Å². The van der Waals surface area contributed by atoms with Crippen molar-refractivity contribution >= 4 is 29.4 Å². The molecule has 8 heteroatoms. The van der Waals surface area contributed by atoms with Crippen molar-refractivity contribution in [2.24, 2.45) is 0 Å². The lowest BCUT2D eigenvalue weighted by Gasteiger charge is -2.37. The van der Waals surface area contributed by atoms with E-state index in [1.807, 2.05) is 30.3 Å². The molecule has 1 saturated heterocycles. The van der Waals surface area contributed by atoms with E-state index < -0.39 is 36.3 Å². The lowest BCUT2D eigenvalue weighted by atomic mass is 10.0. The Balaban J connectivity index is 1.66. The number of urea groups is 1.